The lowest BCUT2D eigenvalue weighted by molar-refractivity contribution is -0.0343. The number of piperidine rings is 1. The van der Waals surface area contributed by atoms with Crippen molar-refractivity contribution >= 4 is 16.9 Å². The minimum atomic E-state index is -2.61. The predicted molar refractivity (Wildman–Crippen MR) is 106 cm³/mol. The summed E-state index contributed by atoms with van der Waals surface area (Å²) in [5.41, 5.74) is 6.30. The number of alkyl halides is 2. The summed E-state index contributed by atoms with van der Waals surface area (Å²) in [6, 6.07) is 1.90. The number of hydrogen-bond donors (Lipinski definition) is 1. The van der Waals surface area contributed by atoms with Crippen molar-refractivity contribution in [2.24, 2.45) is 0 Å². The van der Waals surface area contributed by atoms with Crippen LogP contribution in [0, 0.1) is 0 Å². The van der Waals surface area contributed by atoms with Gasteiger partial charge in [-0.05, 0) is 51.9 Å². The van der Waals surface area contributed by atoms with E-state index in [4.69, 9.17) is 10.5 Å². The van der Waals surface area contributed by atoms with Crippen molar-refractivity contribution in [1.82, 2.24) is 24.3 Å². The Labute approximate surface area is 168 Å². The zero-order chi connectivity index (χ0) is 20.2. The molecule has 2 aromatic heterocycles. The predicted octanol–water partition coefficient (Wildman–Crippen LogP) is 2.50. The zero-order valence-corrected chi connectivity index (χ0v) is 16.7. The summed E-state index contributed by atoms with van der Waals surface area (Å²) in [5.74, 6) is -2.16. The number of aromatic nitrogens is 3. The molecule has 0 saturated carbocycles. The van der Waals surface area contributed by atoms with Crippen LogP contribution in [0.5, 0.6) is 0 Å². The molecule has 9 heteroatoms. The van der Waals surface area contributed by atoms with E-state index in [9.17, 15) is 8.78 Å². The van der Waals surface area contributed by atoms with Gasteiger partial charge in [0.25, 0.3) is 5.92 Å². The molecule has 2 N–H and O–H groups in total. The van der Waals surface area contributed by atoms with E-state index in [0.29, 0.717) is 12.4 Å². The molecular formula is C20H28F2N6O. The largest absolute Gasteiger partial charge is 0.383 e. The maximum Gasteiger partial charge on any atom is 0.262 e. The number of rotatable bonds is 3. The van der Waals surface area contributed by atoms with Crippen LogP contribution < -0.4 is 5.73 Å². The highest BCUT2D eigenvalue weighted by Crippen LogP contribution is 2.46. The molecule has 7 nitrogen and oxygen atoms in total. The molecule has 3 fully saturated rings. The summed E-state index contributed by atoms with van der Waals surface area (Å²) in [5, 5.41) is 0.809. The van der Waals surface area contributed by atoms with Gasteiger partial charge in [-0.25, -0.2) is 18.7 Å². The number of anilines is 1. The molecule has 2 aromatic rings. The molecular weight excluding hydrogens is 378 g/mol. The lowest BCUT2D eigenvalue weighted by Gasteiger charge is -2.44. The Balaban J connectivity index is 1.31. The lowest BCUT2D eigenvalue weighted by atomic mass is 9.84. The van der Waals surface area contributed by atoms with E-state index in [1.54, 1.807) is 0 Å². The molecule has 3 aliphatic heterocycles. The van der Waals surface area contributed by atoms with Gasteiger partial charge in [0.1, 0.15) is 24.0 Å². The molecule has 5 rings (SSSR count). The molecule has 0 radical (unpaired) electrons. The Morgan fingerprint density at radius 2 is 2.03 bits per heavy atom. The number of nitrogens with zero attached hydrogens (tertiary/aromatic N) is 5. The molecule has 2 unspecified atom stereocenters. The Bertz CT molecular complexity index is 894. The first-order chi connectivity index (χ1) is 13.9. The van der Waals surface area contributed by atoms with E-state index in [0.717, 1.165) is 49.8 Å². The third-order valence-electron chi connectivity index (χ3n) is 6.96. The Kier molecular flexibility index (Phi) is 4.52. The number of halogens is 2. The van der Waals surface area contributed by atoms with Crippen molar-refractivity contribution < 1.29 is 13.5 Å². The van der Waals surface area contributed by atoms with E-state index < -0.39 is 5.92 Å². The van der Waals surface area contributed by atoms with Gasteiger partial charge < -0.3 is 19.9 Å². The van der Waals surface area contributed by atoms with E-state index in [2.05, 4.69) is 21.9 Å². The fraction of sp³-hybridized carbons (Fsp3) is 0.700. The van der Waals surface area contributed by atoms with Crippen LogP contribution in [0.1, 0.15) is 38.3 Å². The molecule has 1 spiro atoms. The van der Waals surface area contributed by atoms with Crippen LogP contribution in [0.25, 0.3) is 11.0 Å². The van der Waals surface area contributed by atoms with Crippen LogP contribution in [0.15, 0.2) is 18.6 Å². The van der Waals surface area contributed by atoms with Gasteiger partial charge in [0, 0.05) is 24.7 Å². The molecule has 0 aromatic carbocycles. The Hall–Kier alpha value is -1.84. The van der Waals surface area contributed by atoms with Gasteiger partial charge in [0.15, 0.2) is 0 Å². The highest BCUT2D eigenvalue weighted by atomic mass is 19.3. The van der Waals surface area contributed by atoms with Crippen molar-refractivity contribution in [3.63, 3.8) is 0 Å². The maximum absolute atomic E-state index is 14.4. The maximum atomic E-state index is 14.4. The monoisotopic (exact) mass is 406 g/mol. The first-order valence-electron chi connectivity index (χ1n) is 10.4. The van der Waals surface area contributed by atoms with E-state index in [-0.39, 0.29) is 30.8 Å². The SMILES string of the molecule is CN1CCC2(CC1)CC(F)(F)CN2CC1CCC(n2ccc3c(N)ncnc32)O1. The van der Waals surface area contributed by atoms with Crippen molar-refractivity contribution in [1.29, 1.82) is 0 Å². The normalized spacial score (nSPS) is 29.9. The molecule has 3 aliphatic rings. The van der Waals surface area contributed by atoms with Crippen LogP contribution in [-0.2, 0) is 4.74 Å². The molecule has 29 heavy (non-hydrogen) atoms. The van der Waals surface area contributed by atoms with Gasteiger partial charge in [-0.2, -0.15) is 0 Å². The van der Waals surface area contributed by atoms with Crippen molar-refractivity contribution in [3.8, 4) is 0 Å². The molecule has 5 heterocycles. The van der Waals surface area contributed by atoms with E-state index >= 15 is 0 Å². The van der Waals surface area contributed by atoms with Gasteiger partial charge in [-0.3, -0.25) is 4.90 Å². The second kappa shape index (κ2) is 6.85. The van der Waals surface area contributed by atoms with Crippen LogP contribution in [-0.4, -0.2) is 75.1 Å². The van der Waals surface area contributed by atoms with Gasteiger partial charge >= 0.3 is 0 Å². The molecule has 0 bridgehead atoms. The summed E-state index contributed by atoms with van der Waals surface area (Å²) in [7, 11) is 2.06. The number of fused-ring (bicyclic) bond motifs is 1. The van der Waals surface area contributed by atoms with Crippen molar-refractivity contribution in [3.05, 3.63) is 18.6 Å². The quantitative estimate of drug-likeness (QED) is 0.845. The number of hydrogen-bond acceptors (Lipinski definition) is 6. The fourth-order valence-corrected chi connectivity index (χ4v) is 5.38. The zero-order valence-electron chi connectivity index (χ0n) is 16.7. The summed E-state index contributed by atoms with van der Waals surface area (Å²) < 4.78 is 37.0. The van der Waals surface area contributed by atoms with Crippen LogP contribution in [0.2, 0.25) is 0 Å². The minimum absolute atomic E-state index is 0.0254. The summed E-state index contributed by atoms with van der Waals surface area (Å²) in [4.78, 5) is 12.6. The van der Waals surface area contributed by atoms with Crippen molar-refractivity contribution in [2.75, 3.05) is 39.0 Å². The molecule has 0 amide bonds. The van der Waals surface area contributed by atoms with Crippen molar-refractivity contribution in [2.45, 2.75) is 55.9 Å². The first kappa shape index (κ1) is 19.1. The third kappa shape index (κ3) is 3.39. The molecule has 3 saturated heterocycles. The number of nitrogen functional groups attached to an aromatic ring is 1. The first-order valence-corrected chi connectivity index (χ1v) is 10.4. The fourth-order valence-electron chi connectivity index (χ4n) is 5.38. The summed E-state index contributed by atoms with van der Waals surface area (Å²) >= 11 is 0. The average molecular weight is 406 g/mol. The second-order valence-electron chi connectivity index (χ2n) is 8.95. The van der Waals surface area contributed by atoms with Gasteiger partial charge in [-0.1, -0.05) is 0 Å². The number of nitrogens with two attached hydrogens (primary N) is 1. The van der Waals surface area contributed by atoms with Crippen LogP contribution >= 0.6 is 0 Å². The Morgan fingerprint density at radius 1 is 1.24 bits per heavy atom. The lowest BCUT2D eigenvalue weighted by Crippen LogP contribution is -2.53. The minimum Gasteiger partial charge on any atom is -0.383 e. The molecule has 2 atom stereocenters. The Morgan fingerprint density at radius 3 is 2.83 bits per heavy atom. The molecule has 0 aliphatic carbocycles. The topological polar surface area (TPSA) is 72.4 Å². The second-order valence-corrected chi connectivity index (χ2v) is 8.95. The number of ether oxygens (including phenoxy) is 1. The summed E-state index contributed by atoms with van der Waals surface area (Å²) in [6.07, 6.45) is 6.43. The van der Waals surface area contributed by atoms with Gasteiger partial charge in [0.2, 0.25) is 0 Å². The third-order valence-corrected chi connectivity index (χ3v) is 6.96. The van der Waals surface area contributed by atoms with E-state index in [1.807, 2.05) is 21.7 Å². The van der Waals surface area contributed by atoms with Crippen LogP contribution in [0.4, 0.5) is 14.6 Å². The highest BCUT2D eigenvalue weighted by Gasteiger charge is 2.55. The standard InChI is InChI=1S/C20H28F2N6O/c1-26-8-5-19(6-9-26)11-20(21,22)12-27(19)10-14-2-3-16(29-14)28-7-4-15-17(23)24-13-25-18(15)28/h4,7,13-14,16H,2-3,5-6,8-12H2,1H3,(H2,23,24,25). The van der Waals surface area contributed by atoms with E-state index in [1.165, 1.54) is 6.33 Å². The molecule has 158 valence electrons. The van der Waals surface area contributed by atoms with Gasteiger partial charge in [0.05, 0.1) is 18.0 Å². The smallest absolute Gasteiger partial charge is 0.262 e. The van der Waals surface area contributed by atoms with Gasteiger partial charge in [-0.15, -0.1) is 0 Å². The highest BCUT2D eigenvalue weighted by molar-refractivity contribution is 5.86. The van der Waals surface area contributed by atoms with Crippen LogP contribution in [0.3, 0.4) is 0 Å². The summed E-state index contributed by atoms with van der Waals surface area (Å²) in [6.45, 7) is 2.15. The number of likely N-dealkylation sites (tertiary alicyclic amines) is 2. The average Bonchev–Trinajstić information content (AvgIpc) is 3.35.